The Morgan fingerprint density at radius 2 is 1.95 bits per heavy atom. The predicted octanol–water partition coefficient (Wildman–Crippen LogP) is 4.22. The molecule has 0 atom stereocenters. The van der Waals surface area contributed by atoms with Crippen LogP contribution in [-0.4, -0.2) is 19.1 Å². The number of rotatable bonds is 6. The van der Waals surface area contributed by atoms with E-state index in [1.807, 2.05) is 35.7 Å². The summed E-state index contributed by atoms with van der Waals surface area (Å²) in [5, 5.41) is 8.58. The maximum absolute atomic E-state index is 11.9. The molecule has 3 nitrogen and oxygen atoms in total. The number of carbonyl (C=O) groups is 1. The molecule has 0 unspecified atom stereocenters. The summed E-state index contributed by atoms with van der Waals surface area (Å²) in [6.07, 6.45) is 0.860. The van der Waals surface area contributed by atoms with Gasteiger partial charge in [0.05, 0.1) is 0 Å². The van der Waals surface area contributed by atoms with Crippen LogP contribution in [-0.2, 0) is 11.8 Å². The molecule has 0 aliphatic rings. The second-order valence-electron chi connectivity index (χ2n) is 5.80. The number of urea groups is 1. The summed E-state index contributed by atoms with van der Waals surface area (Å²) in [7, 11) is 0. The number of halogens is 1. The minimum absolute atomic E-state index is 0.142. The van der Waals surface area contributed by atoms with E-state index in [4.69, 9.17) is 11.6 Å². The molecule has 1 aromatic carbocycles. The van der Waals surface area contributed by atoms with Crippen LogP contribution in [0.4, 0.5) is 4.79 Å². The van der Waals surface area contributed by atoms with Gasteiger partial charge in [-0.25, -0.2) is 4.79 Å². The minimum atomic E-state index is -0.219. The first-order valence-electron chi connectivity index (χ1n) is 7.28. The molecular formula is C17H21ClN2OS. The number of thiophene rings is 1. The van der Waals surface area contributed by atoms with Crippen molar-refractivity contribution < 1.29 is 4.79 Å². The highest BCUT2D eigenvalue weighted by molar-refractivity contribution is 7.09. The monoisotopic (exact) mass is 336 g/mol. The third kappa shape index (κ3) is 4.75. The number of benzene rings is 1. The lowest BCUT2D eigenvalue weighted by molar-refractivity contribution is 0.238. The first-order chi connectivity index (χ1) is 10.5. The van der Waals surface area contributed by atoms with Gasteiger partial charge in [-0.2, -0.15) is 0 Å². The molecule has 0 fully saturated rings. The summed E-state index contributed by atoms with van der Waals surface area (Å²) in [4.78, 5) is 13.2. The Balaban J connectivity index is 1.78. The predicted molar refractivity (Wildman–Crippen MR) is 93.9 cm³/mol. The highest BCUT2D eigenvalue weighted by atomic mass is 35.5. The van der Waals surface area contributed by atoms with E-state index in [0.717, 1.165) is 17.0 Å². The van der Waals surface area contributed by atoms with Crippen LogP contribution < -0.4 is 10.6 Å². The van der Waals surface area contributed by atoms with Crippen LogP contribution in [0.25, 0.3) is 0 Å². The van der Waals surface area contributed by atoms with Crippen molar-refractivity contribution in [2.75, 3.05) is 13.1 Å². The summed E-state index contributed by atoms with van der Waals surface area (Å²) < 4.78 is 0. The maximum atomic E-state index is 11.9. The molecule has 0 aliphatic heterocycles. The number of hydrogen-bond donors (Lipinski definition) is 2. The maximum Gasteiger partial charge on any atom is 0.314 e. The first kappa shape index (κ1) is 16.8. The Hall–Kier alpha value is -1.52. The zero-order valence-corrected chi connectivity index (χ0v) is 14.4. The highest BCUT2D eigenvalue weighted by Gasteiger charge is 2.23. The van der Waals surface area contributed by atoms with Crippen LogP contribution in [0.3, 0.4) is 0 Å². The van der Waals surface area contributed by atoms with Crippen LogP contribution in [0.5, 0.6) is 0 Å². The van der Waals surface area contributed by atoms with E-state index in [0.29, 0.717) is 13.1 Å². The highest BCUT2D eigenvalue weighted by Crippen LogP contribution is 2.28. The molecule has 2 N–H and O–H groups in total. The molecule has 22 heavy (non-hydrogen) atoms. The van der Waals surface area contributed by atoms with Crippen LogP contribution in [0, 0.1) is 0 Å². The first-order valence-corrected chi connectivity index (χ1v) is 8.54. The standard InChI is InChI=1S/C17H21ClN2OS/c1-17(2,14-7-3-4-8-15(14)18)12-20-16(21)19-10-9-13-6-5-11-22-13/h3-8,11H,9-10,12H2,1-2H3,(H2,19,20,21). The Kier molecular flexibility index (Phi) is 5.86. The van der Waals surface area contributed by atoms with Crippen molar-refractivity contribution in [2.24, 2.45) is 0 Å². The molecule has 2 rings (SSSR count). The third-order valence-electron chi connectivity index (χ3n) is 3.53. The molecule has 0 saturated heterocycles. The van der Waals surface area contributed by atoms with Gasteiger partial charge < -0.3 is 10.6 Å². The fourth-order valence-electron chi connectivity index (χ4n) is 2.22. The summed E-state index contributed by atoms with van der Waals surface area (Å²) in [5.41, 5.74) is 0.819. The van der Waals surface area contributed by atoms with Gasteiger partial charge in [0.25, 0.3) is 0 Å². The van der Waals surface area contributed by atoms with Gasteiger partial charge in [-0.3, -0.25) is 0 Å². The molecule has 0 spiro atoms. The molecule has 1 heterocycles. The van der Waals surface area contributed by atoms with E-state index in [9.17, 15) is 4.79 Å². The summed E-state index contributed by atoms with van der Waals surface area (Å²) in [6.45, 7) is 5.31. The fourth-order valence-corrected chi connectivity index (χ4v) is 3.32. The molecule has 0 radical (unpaired) electrons. The van der Waals surface area contributed by atoms with Gasteiger partial charge in [0, 0.05) is 28.4 Å². The quantitative estimate of drug-likeness (QED) is 0.814. The van der Waals surface area contributed by atoms with Crippen LogP contribution >= 0.6 is 22.9 Å². The SMILES string of the molecule is CC(C)(CNC(=O)NCCc1cccs1)c1ccccc1Cl. The third-order valence-corrected chi connectivity index (χ3v) is 4.80. The number of carbonyl (C=O) groups excluding carboxylic acids is 1. The van der Waals surface area contributed by atoms with Crippen LogP contribution in [0.1, 0.15) is 24.3 Å². The number of nitrogens with one attached hydrogen (secondary N) is 2. The second-order valence-corrected chi connectivity index (χ2v) is 7.24. The van der Waals surface area contributed by atoms with E-state index in [-0.39, 0.29) is 11.4 Å². The normalized spacial score (nSPS) is 11.2. The largest absolute Gasteiger partial charge is 0.338 e. The zero-order chi connectivity index (χ0) is 16.0. The summed E-state index contributed by atoms with van der Waals surface area (Å²) >= 11 is 7.94. The smallest absolute Gasteiger partial charge is 0.314 e. The van der Waals surface area contributed by atoms with Crippen molar-refractivity contribution in [1.29, 1.82) is 0 Å². The fraction of sp³-hybridized carbons (Fsp3) is 0.353. The van der Waals surface area contributed by atoms with E-state index in [2.05, 4.69) is 30.5 Å². The summed E-state index contributed by atoms with van der Waals surface area (Å²) in [6, 6.07) is 11.7. The van der Waals surface area contributed by atoms with Gasteiger partial charge in [-0.15, -0.1) is 11.3 Å². The molecule has 2 aromatic rings. The zero-order valence-electron chi connectivity index (χ0n) is 12.9. The molecule has 118 valence electrons. The van der Waals surface area contributed by atoms with Gasteiger partial charge in [-0.1, -0.05) is 49.7 Å². The summed E-state index contributed by atoms with van der Waals surface area (Å²) in [5.74, 6) is 0. The van der Waals surface area contributed by atoms with Crippen molar-refractivity contribution >= 4 is 29.0 Å². The number of hydrogen-bond acceptors (Lipinski definition) is 2. The molecule has 5 heteroatoms. The molecule has 2 amide bonds. The topological polar surface area (TPSA) is 41.1 Å². The van der Waals surface area contributed by atoms with E-state index in [1.165, 1.54) is 4.88 Å². The lowest BCUT2D eigenvalue weighted by Crippen LogP contribution is -2.42. The molecule has 0 bridgehead atoms. The van der Waals surface area contributed by atoms with Gasteiger partial charge in [0.1, 0.15) is 0 Å². The molecule has 0 saturated carbocycles. The Labute approximate surface area is 140 Å². The van der Waals surface area contributed by atoms with Crippen molar-refractivity contribution in [3.8, 4) is 0 Å². The van der Waals surface area contributed by atoms with Gasteiger partial charge in [0.15, 0.2) is 0 Å². The van der Waals surface area contributed by atoms with Crippen LogP contribution in [0.15, 0.2) is 41.8 Å². The van der Waals surface area contributed by atoms with Crippen molar-refractivity contribution in [1.82, 2.24) is 10.6 Å². The van der Waals surface area contributed by atoms with Gasteiger partial charge in [0.2, 0.25) is 0 Å². The van der Waals surface area contributed by atoms with Crippen molar-refractivity contribution in [3.05, 3.63) is 57.2 Å². The second kappa shape index (κ2) is 7.65. The van der Waals surface area contributed by atoms with E-state index < -0.39 is 0 Å². The Morgan fingerprint density at radius 1 is 1.18 bits per heavy atom. The van der Waals surface area contributed by atoms with Crippen molar-refractivity contribution in [2.45, 2.75) is 25.7 Å². The number of amides is 2. The molecule has 0 aliphatic carbocycles. The van der Waals surface area contributed by atoms with E-state index >= 15 is 0 Å². The molecule has 1 aromatic heterocycles. The van der Waals surface area contributed by atoms with Crippen molar-refractivity contribution in [3.63, 3.8) is 0 Å². The lowest BCUT2D eigenvalue weighted by Gasteiger charge is -2.26. The van der Waals surface area contributed by atoms with Gasteiger partial charge >= 0.3 is 6.03 Å². The molecular weight excluding hydrogens is 316 g/mol. The Morgan fingerprint density at radius 3 is 2.64 bits per heavy atom. The minimum Gasteiger partial charge on any atom is -0.338 e. The average molecular weight is 337 g/mol. The van der Waals surface area contributed by atoms with Crippen LogP contribution in [0.2, 0.25) is 5.02 Å². The van der Waals surface area contributed by atoms with Gasteiger partial charge in [-0.05, 0) is 29.5 Å². The lowest BCUT2D eigenvalue weighted by atomic mass is 9.84. The average Bonchev–Trinajstić information content (AvgIpc) is 2.99. The Bertz CT molecular complexity index is 611. The van der Waals surface area contributed by atoms with E-state index in [1.54, 1.807) is 11.3 Å².